The second-order valence-electron chi connectivity index (χ2n) is 5.38. The first-order valence-electron chi connectivity index (χ1n) is 8.18. The van der Waals surface area contributed by atoms with Gasteiger partial charge in [0.25, 0.3) is 11.6 Å². The number of esters is 2. The predicted molar refractivity (Wildman–Crippen MR) is 91.6 cm³/mol. The van der Waals surface area contributed by atoms with E-state index in [0.29, 0.717) is 5.56 Å². The van der Waals surface area contributed by atoms with E-state index in [4.69, 9.17) is 9.47 Å². The zero-order valence-electron chi connectivity index (χ0n) is 14.9. The van der Waals surface area contributed by atoms with Crippen LogP contribution in [-0.2, 0) is 19.1 Å². The van der Waals surface area contributed by atoms with Gasteiger partial charge in [0.15, 0.2) is 0 Å². The number of ether oxygens (including phenoxy) is 2. The van der Waals surface area contributed by atoms with Crippen LogP contribution in [0.3, 0.4) is 0 Å². The summed E-state index contributed by atoms with van der Waals surface area (Å²) in [5.74, 6) is -1.73. The molecule has 9 nitrogen and oxygen atoms in total. The standard InChI is InChI=1S/C17H22N2O7/c1-4-25-15(20)9-8-14(17(22)26-5-2)18-16(21)13-7-6-12(19(23)24)10-11(13)3/h6-7,10,14H,4-5,8-9H2,1-3H3,(H,18,21)/t14-/m0/s1. The number of nitrogens with zero attached hydrogens (tertiary/aromatic N) is 1. The number of carbonyl (C=O) groups is 3. The highest BCUT2D eigenvalue weighted by Crippen LogP contribution is 2.17. The molecule has 0 spiro atoms. The molecule has 0 saturated carbocycles. The highest BCUT2D eigenvalue weighted by Gasteiger charge is 2.25. The van der Waals surface area contributed by atoms with E-state index in [1.54, 1.807) is 20.8 Å². The third-order valence-electron chi connectivity index (χ3n) is 3.48. The summed E-state index contributed by atoms with van der Waals surface area (Å²) in [5, 5.41) is 13.3. The minimum Gasteiger partial charge on any atom is -0.466 e. The van der Waals surface area contributed by atoms with Crippen LogP contribution in [0.15, 0.2) is 18.2 Å². The molecule has 0 unspecified atom stereocenters. The molecule has 142 valence electrons. The molecule has 0 saturated heterocycles. The van der Waals surface area contributed by atoms with Gasteiger partial charge in [0.1, 0.15) is 6.04 Å². The average Bonchev–Trinajstić information content (AvgIpc) is 2.58. The number of hydrogen-bond acceptors (Lipinski definition) is 7. The summed E-state index contributed by atoms with van der Waals surface area (Å²) in [5.41, 5.74) is 0.453. The Morgan fingerprint density at radius 1 is 1.19 bits per heavy atom. The lowest BCUT2D eigenvalue weighted by Gasteiger charge is -2.17. The maximum atomic E-state index is 12.4. The summed E-state index contributed by atoms with van der Waals surface area (Å²) >= 11 is 0. The fourth-order valence-electron chi connectivity index (χ4n) is 2.24. The average molecular weight is 366 g/mol. The number of nitro groups is 1. The maximum absolute atomic E-state index is 12.4. The van der Waals surface area contributed by atoms with Crippen molar-refractivity contribution in [2.45, 2.75) is 39.7 Å². The van der Waals surface area contributed by atoms with Crippen LogP contribution < -0.4 is 5.32 Å². The molecule has 1 aromatic rings. The SMILES string of the molecule is CCOC(=O)CC[C@H](NC(=O)c1ccc([N+](=O)[O-])cc1C)C(=O)OCC. The third-order valence-corrected chi connectivity index (χ3v) is 3.48. The largest absolute Gasteiger partial charge is 0.466 e. The number of nitrogens with one attached hydrogen (secondary N) is 1. The van der Waals surface area contributed by atoms with E-state index in [9.17, 15) is 24.5 Å². The van der Waals surface area contributed by atoms with Crippen molar-refractivity contribution >= 4 is 23.5 Å². The lowest BCUT2D eigenvalue weighted by atomic mass is 10.1. The summed E-state index contributed by atoms with van der Waals surface area (Å²) in [6.07, 6.45) is -0.0354. The Balaban J connectivity index is 2.88. The molecule has 9 heteroatoms. The van der Waals surface area contributed by atoms with Crippen LogP contribution in [0, 0.1) is 17.0 Å². The van der Waals surface area contributed by atoms with Crippen molar-refractivity contribution in [3.63, 3.8) is 0 Å². The molecule has 0 radical (unpaired) electrons. The first-order chi connectivity index (χ1) is 12.3. The third kappa shape index (κ3) is 6.15. The van der Waals surface area contributed by atoms with Crippen molar-refractivity contribution in [3.8, 4) is 0 Å². The molecule has 26 heavy (non-hydrogen) atoms. The van der Waals surface area contributed by atoms with Gasteiger partial charge in [-0.05, 0) is 38.8 Å². The molecule has 1 amide bonds. The molecule has 0 fully saturated rings. The number of nitro benzene ring substituents is 1. The summed E-state index contributed by atoms with van der Waals surface area (Å²) in [4.78, 5) is 46.2. The van der Waals surface area contributed by atoms with E-state index < -0.39 is 28.8 Å². The molecule has 1 rings (SSSR count). The normalized spacial score (nSPS) is 11.3. The van der Waals surface area contributed by atoms with Gasteiger partial charge in [-0.15, -0.1) is 0 Å². The zero-order chi connectivity index (χ0) is 19.7. The highest BCUT2D eigenvalue weighted by molar-refractivity contribution is 5.98. The van der Waals surface area contributed by atoms with Crippen molar-refractivity contribution in [3.05, 3.63) is 39.4 Å². The molecular weight excluding hydrogens is 344 g/mol. The summed E-state index contributed by atoms with van der Waals surface area (Å²) in [7, 11) is 0. The first-order valence-corrected chi connectivity index (χ1v) is 8.18. The minimum absolute atomic E-state index is 0.0232. The monoisotopic (exact) mass is 366 g/mol. The van der Waals surface area contributed by atoms with Crippen LogP contribution in [-0.4, -0.2) is 42.0 Å². The van der Waals surface area contributed by atoms with Crippen molar-refractivity contribution < 1.29 is 28.8 Å². The molecule has 0 aromatic heterocycles. The molecule has 0 aliphatic heterocycles. The number of amides is 1. The van der Waals surface area contributed by atoms with Crippen molar-refractivity contribution in [2.75, 3.05) is 13.2 Å². The molecule has 1 aromatic carbocycles. The maximum Gasteiger partial charge on any atom is 0.328 e. The number of hydrogen-bond donors (Lipinski definition) is 1. The predicted octanol–water partition coefficient (Wildman–Crippen LogP) is 1.91. The zero-order valence-corrected chi connectivity index (χ0v) is 14.9. The van der Waals surface area contributed by atoms with E-state index in [0.717, 1.165) is 0 Å². The van der Waals surface area contributed by atoms with Gasteiger partial charge in [0.05, 0.1) is 18.1 Å². The van der Waals surface area contributed by atoms with E-state index in [1.807, 2.05) is 0 Å². The lowest BCUT2D eigenvalue weighted by Crippen LogP contribution is -2.42. The Morgan fingerprint density at radius 3 is 2.38 bits per heavy atom. The summed E-state index contributed by atoms with van der Waals surface area (Å²) < 4.78 is 9.73. The second-order valence-corrected chi connectivity index (χ2v) is 5.38. The number of non-ortho nitro benzene ring substituents is 1. The summed E-state index contributed by atoms with van der Waals surface area (Å²) in [6.45, 7) is 5.20. The Kier molecular flexibility index (Phi) is 8.20. The van der Waals surface area contributed by atoms with Crippen molar-refractivity contribution in [2.24, 2.45) is 0 Å². The van der Waals surface area contributed by atoms with E-state index in [1.165, 1.54) is 18.2 Å². The number of benzene rings is 1. The molecule has 0 aliphatic carbocycles. The van der Waals surface area contributed by atoms with Gasteiger partial charge in [-0.2, -0.15) is 0 Å². The van der Waals surface area contributed by atoms with Crippen molar-refractivity contribution in [1.82, 2.24) is 5.32 Å². The number of rotatable bonds is 9. The van der Waals surface area contributed by atoms with E-state index in [-0.39, 0.29) is 37.3 Å². The van der Waals surface area contributed by atoms with Gasteiger partial charge < -0.3 is 14.8 Å². The highest BCUT2D eigenvalue weighted by atomic mass is 16.6. The van der Waals surface area contributed by atoms with E-state index in [2.05, 4.69) is 5.32 Å². The molecule has 0 heterocycles. The molecule has 1 N–H and O–H groups in total. The Morgan fingerprint density at radius 2 is 1.85 bits per heavy atom. The van der Waals surface area contributed by atoms with Crippen LogP contribution in [0.1, 0.15) is 42.6 Å². The Labute approximate surface area is 150 Å². The van der Waals surface area contributed by atoms with Crippen LogP contribution in [0.5, 0.6) is 0 Å². The van der Waals surface area contributed by atoms with Gasteiger partial charge in [-0.3, -0.25) is 19.7 Å². The van der Waals surface area contributed by atoms with Crippen LogP contribution in [0.2, 0.25) is 0 Å². The second kappa shape index (κ2) is 10.1. The minimum atomic E-state index is -1.03. The van der Waals surface area contributed by atoms with Crippen molar-refractivity contribution in [1.29, 1.82) is 0 Å². The van der Waals surface area contributed by atoms with Gasteiger partial charge in [0.2, 0.25) is 0 Å². The van der Waals surface area contributed by atoms with Crippen LogP contribution >= 0.6 is 0 Å². The summed E-state index contributed by atoms with van der Waals surface area (Å²) in [6, 6.07) is 2.77. The number of aryl methyl sites for hydroxylation is 1. The van der Waals surface area contributed by atoms with Crippen LogP contribution in [0.25, 0.3) is 0 Å². The quantitative estimate of drug-likeness (QED) is 0.402. The topological polar surface area (TPSA) is 125 Å². The molecule has 1 atom stereocenters. The van der Waals surface area contributed by atoms with E-state index >= 15 is 0 Å². The van der Waals surface area contributed by atoms with Gasteiger partial charge in [-0.25, -0.2) is 4.79 Å². The smallest absolute Gasteiger partial charge is 0.328 e. The van der Waals surface area contributed by atoms with Gasteiger partial charge in [0, 0.05) is 24.1 Å². The molecule has 0 aliphatic rings. The van der Waals surface area contributed by atoms with Gasteiger partial charge in [-0.1, -0.05) is 0 Å². The number of carbonyl (C=O) groups excluding carboxylic acids is 3. The lowest BCUT2D eigenvalue weighted by molar-refractivity contribution is -0.384. The fourth-order valence-corrected chi connectivity index (χ4v) is 2.24. The molecule has 0 bridgehead atoms. The Hall–Kier alpha value is -2.97. The Bertz CT molecular complexity index is 688. The van der Waals surface area contributed by atoms with Gasteiger partial charge >= 0.3 is 11.9 Å². The first kappa shape index (κ1) is 21.1. The van der Waals surface area contributed by atoms with Crippen LogP contribution in [0.4, 0.5) is 5.69 Å². The fraction of sp³-hybridized carbons (Fsp3) is 0.471. The molecular formula is C17H22N2O7.